The van der Waals surface area contributed by atoms with E-state index in [1.807, 2.05) is 13.0 Å². The maximum absolute atomic E-state index is 12.6. The highest BCUT2D eigenvalue weighted by atomic mass is 127. The van der Waals surface area contributed by atoms with E-state index in [-0.39, 0.29) is 35.8 Å². The van der Waals surface area contributed by atoms with Crippen LogP contribution in [0.2, 0.25) is 0 Å². The minimum absolute atomic E-state index is 0. The summed E-state index contributed by atoms with van der Waals surface area (Å²) in [4.78, 5) is 4.65. The Balaban J connectivity index is 0.00000338. The molecule has 5 nitrogen and oxygen atoms in total. The van der Waals surface area contributed by atoms with Crippen molar-refractivity contribution in [2.24, 2.45) is 10.4 Å². The van der Waals surface area contributed by atoms with Crippen LogP contribution in [-0.4, -0.2) is 39.8 Å². The standard InChI is InChI=1S/C19H31N3O2S.HI/c1-4-16(14-25(23,24)17-10-7-6-8-11-17)22-18(20-3)21-15-19(5-2)12-9-13-19;/h6-8,10-11,16H,4-5,9,12-15H2,1-3H3,(H2,20,21,22);1H. The lowest BCUT2D eigenvalue weighted by Crippen LogP contribution is -2.50. The molecule has 1 aliphatic carbocycles. The molecular weight excluding hydrogens is 461 g/mol. The number of benzene rings is 1. The van der Waals surface area contributed by atoms with Gasteiger partial charge in [-0.25, -0.2) is 8.42 Å². The minimum atomic E-state index is -3.31. The van der Waals surface area contributed by atoms with Crippen LogP contribution >= 0.6 is 24.0 Å². The van der Waals surface area contributed by atoms with E-state index in [1.54, 1.807) is 31.3 Å². The van der Waals surface area contributed by atoms with Gasteiger partial charge in [0.1, 0.15) is 0 Å². The zero-order valence-electron chi connectivity index (χ0n) is 16.0. The van der Waals surface area contributed by atoms with Crippen LogP contribution in [0.4, 0.5) is 0 Å². The molecule has 1 aromatic carbocycles. The number of hydrogen-bond acceptors (Lipinski definition) is 3. The monoisotopic (exact) mass is 493 g/mol. The average Bonchev–Trinajstić information content (AvgIpc) is 2.59. The van der Waals surface area contributed by atoms with Crippen molar-refractivity contribution in [3.05, 3.63) is 30.3 Å². The van der Waals surface area contributed by atoms with Crippen LogP contribution in [0, 0.1) is 5.41 Å². The van der Waals surface area contributed by atoms with Crippen molar-refractivity contribution in [2.75, 3.05) is 19.3 Å². The van der Waals surface area contributed by atoms with Gasteiger partial charge in [-0.3, -0.25) is 4.99 Å². The fourth-order valence-electron chi connectivity index (χ4n) is 3.24. The molecule has 0 amide bonds. The first-order valence-electron chi connectivity index (χ1n) is 9.19. The number of sulfone groups is 1. The normalized spacial score (nSPS) is 17.6. The van der Waals surface area contributed by atoms with Crippen LogP contribution in [0.3, 0.4) is 0 Å². The van der Waals surface area contributed by atoms with Gasteiger partial charge in [0.25, 0.3) is 0 Å². The highest BCUT2D eigenvalue weighted by Gasteiger charge is 2.35. The highest BCUT2D eigenvalue weighted by molar-refractivity contribution is 14.0. The van der Waals surface area contributed by atoms with Gasteiger partial charge in [0.2, 0.25) is 0 Å². The third kappa shape index (κ3) is 6.11. The second kappa shape index (κ2) is 10.5. The summed E-state index contributed by atoms with van der Waals surface area (Å²) in [6.07, 6.45) is 5.69. The van der Waals surface area contributed by atoms with E-state index in [4.69, 9.17) is 0 Å². The van der Waals surface area contributed by atoms with E-state index in [1.165, 1.54) is 19.3 Å². The molecule has 1 saturated carbocycles. The fraction of sp³-hybridized carbons (Fsp3) is 0.632. The summed E-state index contributed by atoms with van der Waals surface area (Å²) in [6.45, 7) is 5.12. The first-order chi connectivity index (χ1) is 11.9. The van der Waals surface area contributed by atoms with Gasteiger partial charge in [-0.05, 0) is 43.2 Å². The molecular formula is C19H32IN3O2S. The van der Waals surface area contributed by atoms with Gasteiger partial charge in [-0.1, -0.05) is 38.5 Å². The topological polar surface area (TPSA) is 70.6 Å². The molecule has 7 heteroatoms. The first-order valence-corrected chi connectivity index (χ1v) is 10.8. The van der Waals surface area contributed by atoms with Gasteiger partial charge < -0.3 is 10.6 Å². The molecule has 0 aromatic heterocycles. The summed E-state index contributed by atoms with van der Waals surface area (Å²) in [5.74, 6) is 0.752. The van der Waals surface area contributed by atoms with E-state index in [0.29, 0.717) is 22.7 Å². The number of halogens is 1. The predicted octanol–water partition coefficient (Wildman–Crippen LogP) is 3.60. The molecule has 1 unspecified atom stereocenters. The van der Waals surface area contributed by atoms with Crippen LogP contribution in [-0.2, 0) is 9.84 Å². The summed E-state index contributed by atoms with van der Waals surface area (Å²) < 4.78 is 25.2. The second-order valence-corrected chi connectivity index (χ2v) is 9.01. The zero-order chi connectivity index (χ0) is 18.3. The predicted molar refractivity (Wildman–Crippen MR) is 119 cm³/mol. The number of guanidine groups is 1. The molecule has 0 saturated heterocycles. The molecule has 2 rings (SSSR count). The lowest BCUT2D eigenvalue weighted by Gasteiger charge is -2.41. The van der Waals surface area contributed by atoms with Crippen molar-refractivity contribution in [3.8, 4) is 0 Å². The first kappa shape index (κ1) is 23.2. The van der Waals surface area contributed by atoms with Crippen molar-refractivity contribution in [2.45, 2.75) is 56.9 Å². The second-order valence-electron chi connectivity index (χ2n) is 6.98. The van der Waals surface area contributed by atoms with Gasteiger partial charge in [0.05, 0.1) is 10.6 Å². The maximum Gasteiger partial charge on any atom is 0.191 e. The summed E-state index contributed by atoms with van der Waals surface area (Å²) in [6, 6.07) is 8.46. The molecule has 1 aromatic rings. The maximum atomic E-state index is 12.6. The number of nitrogens with zero attached hydrogens (tertiary/aromatic N) is 1. The summed E-state index contributed by atoms with van der Waals surface area (Å²) in [7, 11) is -1.58. The number of nitrogens with one attached hydrogen (secondary N) is 2. The molecule has 0 spiro atoms. The van der Waals surface area contributed by atoms with Crippen molar-refractivity contribution in [1.82, 2.24) is 10.6 Å². The number of aliphatic imine (C=N–C) groups is 1. The van der Waals surface area contributed by atoms with E-state index in [2.05, 4.69) is 22.5 Å². The van der Waals surface area contributed by atoms with E-state index < -0.39 is 9.84 Å². The fourth-order valence-corrected chi connectivity index (χ4v) is 4.85. The molecule has 1 atom stereocenters. The van der Waals surface area contributed by atoms with E-state index in [0.717, 1.165) is 13.0 Å². The van der Waals surface area contributed by atoms with Crippen LogP contribution in [0.15, 0.2) is 40.2 Å². The van der Waals surface area contributed by atoms with Gasteiger partial charge >= 0.3 is 0 Å². The molecule has 1 fully saturated rings. The lowest BCUT2D eigenvalue weighted by molar-refractivity contribution is 0.131. The van der Waals surface area contributed by atoms with Gasteiger partial charge in [0.15, 0.2) is 15.8 Å². The van der Waals surface area contributed by atoms with Gasteiger partial charge in [0, 0.05) is 19.6 Å². The molecule has 0 heterocycles. The largest absolute Gasteiger partial charge is 0.356 e. The molecule has 0 radical (unpaired) electrons. The quantitative estimate of drug-likeness (QED) is 0.330. The molecule has 26 heavy (non-hydrogen) atoms. The van der Waals surface area contributed by atoms with Gasteiger partial charge in [-0.15, -0.1) is 24.0 Å². The van der Waals surface area contributed by atoms with Crippen molar-refractivity contribution in [1.29, 1.82) is 0 Å². The summed E-state index contributed by atoms with van der Waals surface area (Å²) in [5.41, 5.74) is 0.384. The van der Waals surface area contributed by atoms with Crippen LogP contribution in [0.1, 0.15) is 46.0 Å². The molecule has 0 aliphatic heterocycles. The zero-order valence-corrected chi connectivity index (χ0v) is 19.1. The molecule has 2 N–H and O–H groups in total. The van der Waals surface area contributed by atoms with Gasteiger partial charge in [-0.2, -0.15) is 0 Å². The Labute approximate surface area is 175 Å². The Morgan fingerprint density at radius 1 is 1.23 bits per heavy atom. The van der Waals surface area contributed by atoms with Crippen molar-refractivity contribution in [3.63, 3.8) is 0 Å². The van der Waals surface area contributed by atoms with Crippen LogP contribution < -0.4 is 10.6 Å². The van der Waals surface area contributed by atoms with Crippen molar-refractivity contribution < 1.29 is 8.42 Å². The highest BCUT2D eigenvalue weighted by Crippen LogP contribution is 2.42. The number of hydrogen-bond donors (Lipinski definition) is 2. The van der Waals surface area contributed by atoms with E-state index in [9.17, 15) is 8.42 Å². The molecule has 1 aliphatic rings. The van der Waals surface area contributed by atoms with Crippen molar-refractivity contribution >= 4 is 39.8 Å². The summed E-state index contributed by atoms with van der Waals surface area (Å²) in [5, 5.41) is 6.68. The lowest BCUT2D eigenvalue weighted by atomic mass is 9.67. The Morgan fingerprint density at radius 2 is 1.88 bits per heavy atom. The van der Waals surface area contributed by atoms with Crippen LogP contribution in [0.5, 0.6) is 0 Å². The Morgan fingerprint density at radius 3 is 2.35 bits per heavy atom. The minimum Gasteiger partial charge on any atom is -0.356 e. The third-order valence-electron chi connectivity index (χ3n) is 5.38. The SMILES string of the molecule is CCC(CS(=O)(=O)c1ccccc1)NC(=NC)NCC1(CC)CCC1.I. The smallest absolute Gasteiger partial charge is 0.191 e. The Bertz CT molecular complexity index is 668. The third-order valence-corrected chi connectivity index (χ3v) is 7.21. The van der Waals surface area contributed by atoms with E-state index >= 15 is 0 Å². The Hall–Kier alpha value is -0.830. The Kier molecular flexibility index (Phi) is 9.36. The average molecular weight is 493 g/mol. The number of rotatable bonds is 8. The molecule has 148 valence electrons. The molecule has 0 bridgehead atoms. The van der Waals surface area contributed by atoms with Crippen LogP contribution in [0.25, 0.3) is 0 Å². The summed E-state index contributed by atoms with van der Waals surface area (Å²) >= 11 is 0.